The second kappa shape index (κ2) is 11.1. The van der Waals surface area contributed by atoms with Crippen molar-refractivity contribution in [3.63, 3.8) is 0 Å². The normalized spacial score (nSPS) is 10.9. The molecule has 4 rings (SSSR count). The number of methoxy groups -OCH3 is 2. The van der Waals surface area contributed by atoms with Gasteiger partial charge < -0.3 is 9.47 Å². The summed E-state index contributed by atoms with van der Waals surface area (Å²) < 4.78 is 12.4. The summed E-state index contributed by atoms with van der Waals surface area (Å²) in [6.07, 6.45) is 3.15. The minimum Gasteiger partial charge on any atom is -0.497 e. The lowest BCUT2D eigenvalue weighted by Gasteiger charge is -2.11. The minimum atomic E-state index is -0.271. The molecule has 0 atom stereocenters. The first-order chi connectivity index (χ1) is 16.7. The Morgan fingerprint density at radius 2 is 1.71 bits per heavy atom. The van der Waals surface area contributed by atoms with E-state index in [0.717, 1.165) is 22.7 Å². The van der Waals surface area contributed by atoms with Gasteiger partial charge in [-0.25, -0.2) is 5.43 Å². The Morgan fingerprint density at radius 3 is 2.35 bits per heavy atom. The first-order valence-electron chi connectivity index (χ1n) is 10.3. The number of ether oxygens (including phenoxy) is 2. The first kappa shape index (κ1) is 23.0. The number of amides is 1. The van der Waals surface area contributed by atoms with E-state index in [9.17, 15) is 4.79 Å². The predicted octanol–water partition coefficient (Wildman–Crippen LogP) is 3.59. The van der Waals surface area contributed by atoms with Crippen LogP contribution in [-0.4, -0.2) is 51.8 Å². The summed E-state index contributed by atoms with van der Waals surface area (Å²) in [5.41, 5.74) is 4.86. The van der Waals surface area contributed by atoms with Crippen LogP contribution in [-0.2, 0) is 4.79 Å². The number of nitrogens with zero attached hydrogens (tertiary/aromatic N) is 5. The fourth-order valence-corrected chi connectivity index (χ4v) is 3.78. The van der Waals surface area contributed by atoms with Gasteiger partial charge in [0.2, 0.25) is 0 Å². The first-order valence-corrected chi connectivity index (χ1v) is 11.3. The van der Waals surface area contributed by atoms with Crippen molar-refractivity contribution in [1.82, 2.24) is 25.2 Å². The van der Waals surface area contributed by atoms with Gasteiger partial charge in [-0.05, 0) is 60.7 Å². The Kier molecular flexibility index (Phi) is 7.51. The molecule has 10 heteroatoms. The molecular formula is C24H22N6O3S. The third kappa shape index (κ3) is 5.59. The van der Waals surface area contributed by atoms with E-state index in [-0.39, 0.29) is 11.7 Å². The number of rotatable bonds is 9. The third-order valence-corrected chi connectivity index (χ3v) is 5.65. The van der Waals surface area contributed by atoms with Crippen molar-refractivity contribution in [2.75, 3.05) is 20.0 Å². The van der Waals surface area contributed by atoms with Gasteiger partial charge in [0.05, 0.1) is 31.9 Å². The molecule has 1 N–H and O–H groups in total. The molecule has 2 heterocycles. The molecule has 0 aliphatic heterocycles. The number of pyridine rings is 1. The van der Waals surface area contributed by atoms with Crippen LogP contribution >= 0.6 is 11.8 Å². The van der Waals surface area contributed by atoms with E-state index in [1.54, 1.807) is 26.5 Å². The third-order valence-electron chi connectivity index (χ3n) is 4.72. The van der Waals surface area contributed by atoms with Crippen LogP contribution in [0.5, 0.6) is 11.5 Å². The molecule has 9 nitrogen and oxygen atoms in total. The van der Waals surface area contributed by atoms with Crippen LogP contribution in [0.1, 0.15) is 5.69 Å². The van der Waals surface area contributed by atoms with Crippen molar-refractivity contribution in [2.24, 2.45) is 5.10 Å². The van der Waals surface area contributed by atoms with E-state index < -0.39 is 0 Å². The monoisotopic (exact) mass is 474 g/mol. The molecule has 34 heavy (non-hydrogen) atoms. The average molecular weight is 475 g/mol. The molecule has 0 saturated heterocycles. The maximum absolute atomic E-state index is 12.3. The Labute approximate surface area is 200 Å². The number of hydrogen-bond acceptors (Lipinski definition) is 8. The van der Waals surface area contributed by atoms with Crippen LogP contribution in [0, 0.1) is 0 Å². The van der Waals surface area contributed by atoms with E-state index in [0.29, 0.717) is 16.7 Å². The summed E-state index contributed by atoms with van der Waals surface area (Å²) in [6, 6.07) is 20.6. The zero-order valence-electron chi connectivity index (χ0n) is 18.6. The summed E-state index contributed by atoms with van der Waals surface area (Å²) in [4.78, 5) is 16.5. The molecule has 2 aromatic carbocycles. The highest BCUT2D eigenvalue weighted by molar-refractivity contribution is 7.99. The van der Waals surface area contributed by atoms with Gasteiger partial charge in [0.15, 0.2) is 11.0 Å². The second-order valence-corrected chi connectivity index (χ2v) is 7.85. The van der Waals surface area contributed by atoms with Gasteiger partial charge in [0.25, 0.3) is 5.91 Å². The number of nitrogens with one attached hydrogen (secondary N) is 1. The number of aromatic nitrogens is 4. The van der Waals surface area contributed by atoms with Crippen molar-refractivity contribution in [3.05, 3.63) is 78.6 Å². The van der Waals surface area contributed by atoms with Gasteiger partial charge >= 0.3 is 0 Å². The highest BCUT2D eigenvalue weighted by Gasteiger charge is 2.17. The SMILES string of the molecule is COc1ccc(-c2nnc(SCC(=O)NN=Cc3ccccn3)n2-c2ccc(OC)cc2)cc1. The Balaban J connectivity index is 1.54. The molecular weight excluding hydrogens is 452 g/mol. The Hall–Kier alpha value is -4.18. The van der Waals surface area contributed by atoms with E-state index in [2.05, 4.69) is 25.7 Å². The maximum atomic E-state index is 12.3. The van der Waals surface area contributed by atoms with Crippen molar-refractivity contribution in [1.29, 1.82) is 0 Å². The zero-order chi connectivity index (χ0) is 23.8. The lowest BCUT2D eigenvalue weighted by Crippen LogP contribution is -2.20. The number of carbonyl (C=O) groups excluding carboxylic acids is 1. The van der Waals surface area contributed by atoms with Gasteiger partial charge in [0.1, 0.15) is 11.5 Å². The van der Waals surface area contributed by atoms with Gasteiger partial charge in [-0.1, -0.05) is 17.8 Å². The zero-order valence-corrected chi connectivity index (χ0v) is 19.4. The maximum Gasteiger partial charge on any atom is 0.250 e. The molecule has 172 valence electrons. The number of hydrazone groups is 1. The smallest absolute Gasteiger partial charge is 0.250 e. The molecule has 1 amide bonds. The van der Waals surface area contributed by atoms with E-state index in [4.69, 9.17) is 9.47 Å². The molecule has 0 bridgehead atoms. The van der Waals surface area contributed by atoms with Crippen molar-refractivity contribution >= 4 is 23.9 Å². The topological polar surface area (TPSA) is 104 Å². The van der Waals surface area contributed by atoms with Gasteiger partial charge in [-0.15, -0.1) is 10.2 Å². The van der Waals surface area contributed by atoms with Crippen LogP contribution in [0.4, 0.5) is 0 Å². The largest absolute Gasteiger partial charge is 0.497 e. The van der Waals surface area contributed by atoms with Crippen molar-refractivity contribution < 1.29 is 14.3 Å². The molecule has 0 aliphatic carbocycles. The summed E-state index contributed by atoms with van der Waals surface area (Å²) >= 11 is 1.26. The molecule has 0 unspecified atom stereocenters. The van der Waals surface area contributed by atoms with E-state index >= 15 is 0 Å². The summed E-state index contributed by atoms with van der Waals surface area (Å²) in [7, 11) is 3.24. The highest BCUT2D eigenvalue weighted by atomic mass is 32.2. The molecule has 0 radical (unpaired) electrons. The standard InChI is InChI=1S/C24H22N6O3S/c1-32-20-10-6-17(7-11-20)23-28-29-24(30(23)19-8-12-21(33-2)13-9-19)34-16-22(31)27-26-15-18-5-3-4-14-25-18/h3-15H,16H2,1-2H3,(H,27,31). The predicted molar refractivity (Wildman–Crippen MR) is 131 cm³/mol. The number of carbonyl (C=O) groups is 1. The summed E-state index contributed by atoms with van der Waals surface area (Å²) in [6.45, 7) is 0. The molecule has 0 spiro atoms. The summed E-state index contributed by atoms with van der Waals surface area (Å²) in [5, 5.41) is 13.3. The van der Waals surface area contributed by atoms with E-state index in [1.807, 2.05) is 65.2 Å². The Bertz CT molecular complexity index is 1260. The molecule has 0 fully saturated rings. The van der Waals surface area contributed by atoms with Crippen molar-refractivity contribution in [3.8, 4) is 28.6 Å². The quantitative estimate of drug-likeness (QED) is 0.225. The van der Waals surface area contributed by atoms with Gasteiger partial charge in [0, 0.05) is 17.4 Å². The average Bonchev–Trinajstić information content (AvgIpc) is 3.32. The lowest BCUT2D eigenvalue weighted by molar-refractivity contribution is -0.118. The molecule has 0 aliphatic rings. The second-order valence-electron chi connectivity index (χ2n) is 6.90. The van der Waals surface area contributed by atoms with Gasteiger partial charge in [-0.2, -0.15) is 5.10 Å². The molecule has 2 aromatic heterocycles. The minimum absolute atomic E-state index is 0.108. The lowest BCUT2D eigenvalue weighted by atomic mass is 10.2. The summed E-state index contributed by atoms with van der Waals surface area (Å²) in [5.74, 6) is 1.96. The fraction of sp³-hybridized carbons (Fsp3) is 0.125. The van der Waals surface area contributed by atoms with Crippen LogP contribution in [0.3, 0.4) is 0 Å². The van der Waals surface area contributed by atoms with Crippen LogP contribution in [0.15, 0.2) is 83.2 Å². The van der Waals surface area contributed by atoms with Crippen LogP contribution in [0.2, 0.25) is 0 Å². The molecule has 4 aromatic rings. The van der Waals surface area contributed by atoms with Crippen molar-refractivity contribution in [2.45, 2.75) is 5.16 Å². The van der Waals surface area contributed by atoms with Gasteiger partial charge in [-0.3, -0.25) is 14.3 Å². The molecule has 0 saturated carbocycles. The number of hydrogen-bond donors (Lipinski definition) is 1. The fourth-order valence-electron chi connectivity index (χ4n) is 3.04. The number of benzene rings is 2. The van der Waals surface area contributed by atoms with E-state index in [1.165, 1.54) is 18.0 Å². The van der Waals surface area contributed by atoms with Crippen LogP contribution < -0.4 is 14.9 Å². The van der Waals surface area contributed by atoms with Crippen LogP contribution in [0.25, 0.3) is 17.1 Å². The number of thioether (sulfide) groups is 1. The Morgan fingerprint density at radius 1 is 1.00 bits per heavy atom. The highest BCUT2D eigenvalue weighted by Crippen LogP contribution is 2.29.